The predicted molar refractivity (Wildman–Crippen MR) is 127 cm³/mol. The molecule has 1 aliphatic heterocycles. The fourth-order valence-corrected chi connectivity index (χ4v) is 5.00. The molecule has 1 aliphatic rings. The number of benzene rings is 3. The third-order valence-electron chi connectivity index (χ3n) is 5.81. The highest BCUT2D eigenvalue weighted by Gasteiger charge is 2.29. The van der Waals surface area contributed by atoms with Gasteiger partial charge >= 0.3 is 6.03 Å². The zero-order chi connectivity index (χ0) is 25.3. The van der Waals surface area contributed by atoms with Crippen LogP contribution in [0.1, 0.15) is 23.1 Å². The number of amides is 2. The third kappa shape index (κ3) is 5.27. The van der Waals surface area contributed by atoms with E-state index in [1.165, 1.54) is 34.9 Å². The fraction of sp³-hybridized carbons (Fsp3) is 0.240. The Balaban J connectivity index is 1.62. The van der Waals surface area contributed by atoms with Gasteiger partial charge in [-0.15, -0.1) is 0 Å². The Kier molecular flexibility index (Phi) is 6.75. The van der Waals surface area contributed by atoms with E-state index in [2.05, 4.69) is 4.72 Å². The topological polar surface area (TPSA) is 69.7 Å². The van der Waals surface area contributed by atoms with Gasteiger partial charge in [-0.2, -0.15) is 0 Å². The average molecular weight is 504 g/mol. The van der Waals surface area contributed by atoms with E-state index in [1.54, 1.807) is 25.1 Å². The predicted octanol–water partition coefficient (Wildman–Crippen LogP) is 5.35. The molecule has 10 heteroatoms. The summed E-state index contributed by atoms with van der Waals surface area (Å²) in [5, 5.41) is 0. The van der Waals surface area contributed by atoms with Crippen LogP contribution in [0, 0.1) is 31.3 Å². The Hall–Kier alpha value is -3.53. The first-order chi connectivity index (χ1) is 16.5. The van der Waals surface area contributed by atoms with Crippen molar-refractivity contribution in [1.82, 2.24) is 4.90 Å². The molecule has 1 heterocycles. The SMILES string of the molecule is Cc1ccc(N2CCCN(Cc3ccc(F)c(F)c3)C2=O)c(NS(=O)(=O)c2ccc(C)c(F)c2)c1. The van der Waals surface area contributed by atoms with Crippen molar-refractivity contribution in [3.8, 4) is 0 Å². The molecule has 184 valence electrons. The summed E-state index contributed by atoms with van der Waals surface area (Å²) in [7, 11) is -4.14. The van der Waals surface area contributed by atoms with Gasteiger partial charge in [0.1, 0.15) is 5.82 Å². The van der Waals surface area contributed by atoms with Gasteiger partial charge in [-0.25, -0.2) is 26.4 Å². The second-order valence-corrected chi connectivity index (χ2v) is 10.2. The number of carbonyl (C=O) groups is 1. The molecule has 35 heavy (non-hydrogen) atoms. The average Bonchev–Trinajstić information content (AvgIpc) is 2.80. The Morgan fingerprint density at radius 3 is 2.37 bits per heavy atom. The minimum Gasteiger partial charge on any atom is -0.320 e. The minimum atomic E-state index is -4.14. The fourth-order valence-electron chi connectivity index (χ4n) is 3.92. The third-order valence-corrected chi connectivity index (χ3v) is 7.17. The first kappa shape index (κ1) is 24.6. The summed E-state index contributed by atoms with van der Waals surface area (Å²) in [6.07, 6.45) is 0.582. The van der Waals surface area contributed by atoms with Crippen LogP contribution in [0.3, 0.4) is 0 Å². The molecule has 3 aromatic carbocycles. The number of sulfonamides is 1. The van der Waals surface area contributed by atoms with Crippen LogP contribution >= 0.6 is 0 Å². The van der Waals surface area contributed by atoms with Gasteiger partial charge in [0.15, 0.2) is 11.6 Å². The molecule has 0 spiro atoms. The van der Waals surface area contributed by atoms with Crippen LogP contribution in [0.2, 0.25) is 0 Å². The van der Waals surface area contributed by atoms with Crippen molar-refractivity contribution in [2.45, 2.75) is 31.7 Å². The van der Waals surface area contributed by atoms with Crippen LogP contribution in [0.5, 0.6) is 0 Å². The molecule has 1 fully saturated rings. The number of rotatable bonds is 6. The molecule has 1 saturated heterocycles. The van der Waals surface area contributed by atoms with Crippen molar-refractivity contribution in [3.63, 3.8) is 0 Å². The Morgan fingerprint density at radius 1 is 0.886 bits per heavy atom. The first-order valence-corrected chi connectivity index (χ1v) is 12.4. The van der Waals surface area contributed by atoms with E-state index in [-0.39, 0.29) is 17.1 Å². The van der Waals surface area contributed by atoms with Crippen LogP contribution in [0.4, 0.5) is 29.3 Å². The molecule has 0 bridgehead atoms. The highest BCUT2D eigenvalue weighted by molar-refractivity contribution is 7.92. The van der Waals surface area contributed by atoms with Crippen molar-refractivity contribution >= 4 is 27.4 Å². The van der Waals surface area contributed by atoms with Crippen molar-refractivity contribution in [2.75, 3.05) is 22.7 Å². The standard InChI is InChI=1S/C25H24F3N3O3S/c1-16-4-9-24(23(12-16)29-35(33,34)19-7-5-17(2)21(27)14-19)31-11-3-10-30(25(31)32)15-18-6-8-20(26)22(28)13-18/h4-9,12-14,29H,3,10-11,15H2,1-2H3. The van der Waals surface area contributed by atoms with Crippen molar-refractivity contribution in [2.24, 2.45) is 0 Å². The van der Waals surface area contributed by atoms with E-state index in [1.807, 2.05) is 0 Å². The highest BCUT2D eigenvalue weighted by Crippen LogP contribution is 2.32. The van der Waals surface area contributed by atoms with Gasteiger partial charge < -0.3 is 4.90 Å². The molecular weight excluding hydrogens is 479 g/mol. The molecule has 0 unspecified atom stereocenters. The summed E-state index contributed by atoms with van der Waals surface area (Å²) in [5.41, 5.74) is 2.02. The number of aryl methyl sites for hydroxylation is 2. The van der Waals surface area contributed by atoms with Gasteiger partial charge in [0, 0.05) is 19.6 Å². The van der Waals surface area contributed by atoms with Crippen molar-refractivity contribution in [3.05, 3.63) is 88.7 Å². The summed E-state index contributed by atoms with van der Waals surface area (Å²) in [4.78, 5) is 16.0. The molecule has 0 atom stereocenters. The molecule has 0 saturated carbocycles. The number of urea groups is 1. The maximum atomic E-state index is 14.0. The number of hydrogen-bond acceptors (Lipinski definition) is 3. The monoisotopic (exact) mass is 503 g/mol. The summed E-state index contributed by atoms with van der Waals surface area (Å²) in [6.45, 7) is 4.13. The van der Waals surface area contributed by atoms with E-state index in [4.69, 9.17) is 0 Å². The van der Waals surface area contributed by atoms with E-state index >= 15 is 0 Å². The van der Waals surface area contributed by atoms with Gasteiger partial charge in [0.05, 0.1) is 16.3 Å². The van der Waals surface area contributed by atoms with E-state index in [0.717, 1.165) is 23.8 Å². The van der Waals surface area contributed by atoms with Crippen LogP contribution in [-0.4, -0.2) is 32.4 Å². The van der Waals surface area contributed by atoms with Crippen LogP contribution < -0.4 is 9.62 Å². The largest absolute Gasteiger partial charge is 0.324 e. The number of nitrogens with one attached hydrogen (secondary N) is 1. The zero-order valence-electron chi connectivity index (χ0n) is 19.2. The molecule has 1 N–H and O–H groups in total. The second kappa shape index (κ2) is 9.61. The molecule has 2 amide bonds. The quantitative estimate of drug-likeness (QED) is 0.493. The van der Waals surface area contributed by atoms with Crippen molar-refractivity contribution < 1.29 is 26.4 Å². The molecule has 0 aromatic heterocycles. The zero-order valence-corrected chi connectivity index (χ0v) is 20.0. The van der Waals surface area contributed by atoms with Crippen LogP contribution in [-0.2, 0) is 16.6 Å². The van der Waals surface area contributed by atoms with Crippen LogP contribution in [0.15, 0.2) is 59.5 Å². The summed E-state index contributed by atoms with van der Waals surface area (Å²) in [6, 6.07) is 11.7. The van der Waals surface area contributed by atoms with Gasteiger partial charge in [0.2, 0.25) is 0 Å². The molecule has 4 rings (SSSR count). The van der Waals surface area contributed by atoms with Gasteiger partial charge in [-0.05, 0) is 73.4 Å². The summed E-state index contributed by atoms with van der Waals surface area (Å²) < 4.78 is 69.4. The molecule has 6 nitrogen and oxygen atoms in total. The summed E-state index contributed by atoms with van der Waals surface area (Å²) in [5.74, 6) is -2.60. The Morgan fingerprint density at radius 2 is 1.66 bits per heavy atom. The Bertz CT molecular complexity index is 1400. The lowest BCUT2D eigenvalue weighted by molar-refractivity contribution is 0.192. The second-order valence-electron chi connectivity index (χ2n) is 8.49. The lowest BCUT2D eigenvalue weighted by atomic mass is 10.1. The van der Waals surface area contributed by atoms with E-state index in [9.17, 15) is 26.4 Å². The molecule has 3 aromatic rings. The number of carbonyl (C=O) groups excluding carboxylic acids is 1. The molecule has 0 aliphatic carbocycles. The Labute approximate surface area is 202 Å². The number of hydrogen-bond donors (Lipinski definition) is 1. The highest BCUT2D eigenvalue weighted by atomic mass is 32.2. The van der Waals surface area contributed by atoms with Gasteiger partial charge in [-0.1, -0.05) is 18.2 Å². The van der Waals surface area contributed by atoms with Gasteiger partial charge in [0.25, 0.3) is 10.0 Å². The maximum absolute atomic E-state index is 14.0. The minimum absolute atomic E-state index is 0.0715. The van der Waals surface area contributed by atoms with Gasteiger partial charge in [-0.3, -0.25) is 9.62 Å². The number of anilines is 2. The molecular formula is C25H24F3N3O3S. The maximum Gasteiger partial charge on any atom is 0.324 e. The van der Waals surface area contributed by atoms with E-state index < -0.39 is 33.5 Å². The molecule has 0 radical (unpaired) electrons. The number of nitrogens with zero attached hydrogens (tertiary/aromatic N) is 2. The van der Waals surface area contributed by atoms with Crippen molar-refractivity contribution in [1.29, 1.82) is 0 Å². The smallest absolute Gasteiger partial charge is 0.320 e. The summed E-state index contributed by atoms with van der Waals surface area (Å²) >= 11 is 0. The lowest BCUT2D eigenvalue weighted by Crippen LogP contribution is -2.49. The normalized spacial score (nSPS) is 14.4. The first-order valence-electron chi connectivity index (χ1n) is 10.9. The lowest BCUT2D eigenvalue weighted by Gasteiger charge is -2.36. The number of halogens is 3. The van der Waals surface area contributed by atoms with E-state index in [0.29, 0.717) is 36.3 Å². The van der Waals surface area contributed by atoms with Crippen LogP contribution in [0.25, 0.3) is 0 Å².